The molecule has 0 N–H and O–H groups in total. The summed E-state index contributed by atoms with van der Waals surface area (Å²) in [6, 6.07) is 6.77. The summed E-state index contributed by atoms with van der Waals surface area (Å²) in [5.41, 5.74) is 3.45. The molecule has 0 saturated carbocycles. The molecule has 0 radical (unpaired) electrons. The maximum Gasteiger partial charge on any atom is 0.132 e. The van der Waals surface area contributed by atoms with Crippen molar-refractivity contribution in [2.75, 3.05) is 7.05 Å². The number of hydrogen-bond donors (Lipinski definition) is 0. The van der Waals surface area contributed by atoms with Gasteiger partial charge in [-0.2, -0.15) is 0 Å². The molecule has 1 aliphatic heterocycles. The molecule has 2 heteroatoms. The second-order valence-electron chi connectivity index (χ2n) is 3.89. The number of allylic oxidation sites excluding steroid dienone is 3. The Balaban J connectivity index is 2.50. The number of likely N-dealkylation sites (N-methyl/N-ethyl adjacent to an activating group) is 1. The lowest BCUT2D eigenvalue weighted by Gasteiger charge is -2.28. The lowest BCUT2D eigenvalue weighted by atomic mass is 10.0. The fourth-order valence-corrected chi connectivity index (χ4v) is 1.76. The van der Waals surface area contributed by atoms with E-state index in [4.69, 9.17) is 0 Å². The van der Waals surface area contributed by atoms with Crippen molar-refractivity contribution in [3.8, 4) is 0 Å². The van der Waals surface area contributed by atoms with E-state index in [1.165, 1.54) is 6.07 Å². The summed E-state index contributed by atoms with van der Waals surface area (Å²) in [5, 5.41) is 0. The van der Waals surface area contributed by atoms with E-state index >= 15 is 0 Å². The van der Waals surface area contributed by atoms with E-state index in [2.05, 4.69) is 6.58 Å². The van der Waals surface area contributed by atoms with Gasteiger partial charge in [0, 0.05) is 18.3 Å². The van der Waals surface area contributed by atoms with Crippen molar-refractivity contribution in [1.29, 1.82) is 0 Å². The Bertz CT molecular complexity index is 497. The lowest BCUT2D eigenvalue weighted by Crippen LogP contribution is -2.19. The zero-order chi connectivity index (χ0) is 11.7. The van der Waals surface area contributed by atoms with Crippen molar-refractivity contribution in [3.63, 3.8) is 0 Å². The van der Waals surface area contributed by atoms with E-state index in [0.717, 1.165) is 17.0 Å². The molecule has 0 fully saturated rings. The minimum atomic E-state index is -0.207. The number of hydrogen-bond acceptors (Lipinski definition) is 1. The smallest absolute Gasteiger partial charge is 0.132 e. The predicted molar refractivity (Wildman–Crippen MR) is 65.0 cm³/mol. The van der Waals surface area contributed by atoms with Crippen LogP contribution in [0.2, 0.25) is 0 Å². The summed E-state index contributed by atoms with van der Waals surface area (Å²) in [7, 11) is 1.90. The second-order valence-corrected chi connectivity index (χ2v) is 3.89. The summed E-state index contributed by atoms with van der Waals surface area (Å²) in [6.45, 7) is 5.97. The Morgan fingerprint density at radius 1 is 1.19 bits per heavy atom. The van der Waals surface area contributed by atoms with E-state index in [1.807, 2.05) is 37.1 Å². The van der Waals surface area contributed by atoms with Crippen molar-refractivity contribution in [2.45, 2.75) is 6.92 Å². The van der Waals surface area contributed by atoms with Gasteiger partial charge in [0.15, 0.2) is 0 Å². The molecule has 0 bridgehead atoms. The Labute approximate surface area is 95.2 Å². The number of rotatable bonds is 1. The van der Waals surface area contributed by atoms with Gasteiger partial charge in [0.1, 0.15) is 5.82 Å². The Morgan fingerprint density at radius 3 is 2.56 bits per heavy atom. The largest absolute Gasteiger partial charge is 0.344 e. The topological polar surface area (TPSA) is 3.24 Å². The molecule has 1 aliphatic rings. The molecule has 2 rings (SSSR count). The van der Waals surface area contributed by atoms with Crippen molar-refractivity contribution in [2.24, 2.45) is 0 Å². The summed E-state index contributed by atoms with van der Waals surface area (Å²) >= 11 is 0. The van der Waals surface area contributed by atoms with E-state index in [0.29, 0.717) is 5.56 Å². The molecule has 0 unspecified atom stereocenters. The van der Waals surface area contributed by atoms with Gasteiger partial charge in [0.25, 0.3) is 0 Å². The van der Waals surface area contributed by atoms with E-state index in [-0.39, 0.29) is 5.82 Å². The highest BCUT2D eigenvalue weighted by molar-refractivity contribution is 5.70. The Kier molecular flexibility index (Phi) is 2.65. The standard InChI is InChI=1S/C14H14FN/c1-10-8-9-14(16(3)11(10)2)12-6-4-5-7-13(12)15/h4-9H,2H2,1,3H3. The van der Waals surface area contributed by atoms with Gasteiger partial charge in [-0.15, -0.1) is 0 Å². The van der Waals surface area contributed by atoms with Crippen LogP contribution in [0.5, 0.6) is 0 Å². The fraction of sp³-hybridized carbons (Fsp3) is 0.143. The van der Waals surface area contributed by atoms with Gasteiger partial charge in [-0.3, -0.25) is 0 Å². The maximum atomic E-state index is 13.7. The van der Waals surface area contributed by atoms with Gasteiger partial charge < -0.3 is 4.90 Å². The second kappa shape index (κ2) is 3.97. The molecule has 82 valence electrons. The maximum absolute atomic E-state index is 13.7. The first-order valence-corrected chi connectivity index (χ1v) is 5.17. The fourth-order valence-electron chi connectivity index (χ4n) is 1.76. The highest BCUT2D eigenvalue weighted by Gasteiger charge is 2.17. The van der Waals surface area contributed by atoms with Gasteiger partial charge in [0.2, 0.25) is 0 Å². The molecule has 1 nitrogen and oxygen atoms in total. The van der Waals surface area contributed by atoms with Crippen LogP contribution in [0.1, 0.15) is 12.5 Å². The number of halogens is 1. The van der Waals surface area contributed by atoms with Crippen molar-refractivity contribution in [1.82, 2.24) is 4.90 Å². The average molecular weight is 215 g/mol. The minimum Gasteiger partial charge on any atom is -0.344 e. The molecule has 16 heavy (non-hydrogen) atoms. The first kappa shape index (κ1) is 10.7. The van der Waals surface area contributed by atoms with Gasteiger partial charge in [-0.1, -0.05) is 24.8 Å². The summed E-state index contributed by atoms with van der Waals surface area (Å²) in [6.07, 6.45) is 3.88. The van der Waals surface area contributed by atoms with Crippen LogP contribution in [0.4, 0.5) is 4.39 Å². The van der Waals surface area contributed by atoms with Crippen LogP contribution in [0, 0.1) is 5.82 Å². The zero-order valence-corrected chi connectivity index (χ0v) is 9.50. The van der Waals surface area contributed by atoms with Gasteiger partial charge in [-0.05, 0) is 30.7 Å². The SMILES string of the molecule is C=C1C(C)=CC=C(c2ccccc2F)N1C. The lowest BCUT2D eigenvalue weighted by molar-refractivity contribution is 0.580. The van der Waals surface area contributed by atoms with E-state index in [9.17, 15) is 4.39 Å². The molecule has 0 aromatic heterocycles. The molecular weight excluding hydrogens is 201 g/mol. The molecule has 0 amide bonds. The number of nitrogens with zero attached hydrogens (tertiary/aromatic N) is 1. The van der Waals surface area contributed by atoms with Crippen LogP contribution in [-0.2, 0) is 0 Å². The molecule has 1 aromatic rings. The summed E-state index contributed by atoms with van der Waals surface area (Å²) in [4.78, 5) is 1.91. The first-order chi connectivity index (χ1) is 7.61. The van der Waals surface area contributed by atoms with Crippen molar-refractivity contribution < 1.29 is 4.39 Å². The van der Waals surface area contributed by atoms with Crippen molar-refractivity contribution >= 4 is 5.70 Å². The third-order valence-corrected chi connectivity index (χ3v) is 2.86. The van der Waals surface area contributed by atoms with Gasteiger partial charge in [0.05, 0.1) is 5.70 Å². The van der Waals surface area contributed by atoms with Gasteiger partial charge in [-0.25, -0.2) is 4.39 Å². The Morgan fingerprint density at radius 2 is 1.88 bits per heavy atom. The first-order valence-electron chi connectivity index (χ1n) is 5.17. The van der Waals surface area contributed by atoms with Crippen LogP contribution in [0.15, 0.2) is 54.3 Å². The highest BCUT2D eigenvalue weighted by Crippen LogP contribution is 2.29. The molecular formula is C14H14FN. The zero-order valence-electron chi connectivity index (χ0n) is 9.50. The quantitative estimate of drug-likeness (QED) is 0.692. The molecule has 1 heterocycles. The molecule has 0 atom stereocenters. The highest BCUT2D eigenvalue weighted by atomic mass is 19.1. The summed E-state index contributed by atoms with van der Waals surface area (Å²) < 4.78 is 13.7. The third-order valence-electron chi connectivity index (χ3n) is 2.86. The molecule has 0 spiro atoms. The van der Waals surface area contributed by atoms with Crippen LogP contribution >= 0.6 is 0 Å². The summed E-state index contributed by atoms with van der Waals surface area (Å²) in [5.74, 6) is -0.207. The monoisotopic (exact) mass is 215 g/mol. The third kappa shape index (κ3) is 1.67. The van der Waals surface area contributed by atoms with Crippen molar-refractivity contribution in [3.05, 3.63) is 65.6 Å². The van der Waals surface area contributed by atoms with Crippen LogP contribution in [0.3, 0.4) is 0 Å². The minimum absolute atomic E-state index is 0.207. The molecule has 0 aliphatic carbocycles. The van der Waals surface area contributed by atoms with Gasteiger partial charge >= 0.3 is 0 Å². The molecule has 0 saturated heterocycles. The van der Waals surface area contributed by atoms with Crippen LogP contribution in [0.25, 0.3) is 5.70 Å². The normalized spacial score (nSPS) is 15.9. The van der Waals surface area contributed by atoms with Crippen LogP contribution < -0.4 is 0 Å². The predicted octanol–water partition coefficient (Wildman–Crippen LogP) is 3.57. The van der Waals surface area contributed by atoms with E-state index < -0.39 is 0 Å². The molecule has 1 aromatic carbocycles. The Hall–Kier alpha value is -1.83. The number of benzene rings is 1. The average Bonchev–Trinajstić information content (AvgIpc) is 2.28. The van der Waals surface area contributed by atoms with E-state index in [1.54, 1.807) is 12.1 Å². The van der Waals surface area contributed by atoms with Crippen LogP contribution in [-0.4, -0.2) is 11.9 Å².